The molecule has 1 aromatic carbocycles. The minimum Gasteiger partial charge on any atom is -0.320 e. The van der Waals surface area contributed by atoms with Crippen molar-refractivity contribution in [3.63, 3.8) is 0 Å². The minimum atomic E-state index is 0.0118. The van der Waals surface area contributed by atoms with Gasteiger partial charge in [0.05, 0.1) is 6.04 Å². The molecule has 16 heavy (non-hydrogen) atoms. The topological polar surface area (TPSA) is 26.0 Å². The molecule has 1 atom stereocenters. The average molecular weight is 231 g/mol. The van der Waals surface area contributed by atoms with E-state index in [0.717, 1.165) is 6.42 Å². The van der Waals surface area contributed by atoms with Gasteiger partial charge >= 0.3 is 0 Å². The highest BCUT2D eigenvalue weighted by Crippen LogP contribution is 2.26. The Balaban J connectivity index is 2.33. The number of rotatable bonds is 3. The highest BCUT2D eigenvalue weighted by atomic mass is 32.1. The summed E-state index contributed by atoms with van der Waals surface area (Å²) in [6.07, 6.45) is 1.06. The summed E-state index contributed by atoms with van der Waals surface area (Å²) in [6, 6.07) is 8.58. The van der Waals surface area contributed by atoms with E-state index in [0.29, 0.717) is 0 Å². The molecule has 0 aliphatic carbocycles. The van der Waals surface area contributed by atoms with E-state index in [1.54, 1.807) is 11.3 Å². The lowest BCUT2D eigenvalue weighted by molar-refractivity contribution is 0.864. The molecule has 0 fully saturated rings. The van der Waals surface area contributed by atoms with Crippen LogP contribution in [0.5, 0.6) is 0 Å². The van der Waals surface area contributed by atoms with Crippen molar-refractivity contribution in [2.75, 3.05) is 0 Å². The quantitative estimate of drug-likeness (QED) is 0.857. The smallest absolute Gasteiger partial charge is 0.0562 e. The van der Waals surface area contributed by atoms with Crippen LogP contribution in [0.25, 0.3) is 0 Å². The molecule has 0 bridgehead atoms. The highest BCUT2D eigenvalue weighted by Gasteiger charge is 2.12. The fourth-order valence-electron chi connectivity index (χ4n) is 1.88. The molecular formula is C14H17NS. The summed E-state index contributed by atoms with van der Waals surface area (Å²) in [6.45, 7) is 4.29. The van der Waals surface area contributed by atoms with Crippen molar-refractivity contribution < 1.29 is 0 Å². The molecule has 2 rings (SSSR count). The van der Waals surface area contributed by atoms with Crippen molar-refractivity contribution in [1.29, 1.82) is 0 Å². The number of benzene rings is 1. The summed E-state index contributed by atoms with van der Waals surface area (Å²) < 4.78 is 0. The average Bonchev–Trinajstić information content (AvgIpc) is 2.74. The second-order valence-corrected chi connectivity index (χ2v) is 4.83. The van der Waals surface area contributed by atoms with E-state index in [1.165, 1.54) is 22.3 Å². The van der Waals surface area contributed by atoms with E-state index >= 15 is 0 Å². The molecule has 1 heterocycles. The third-order valence-corrected chi connectivity index (χ3v) is 3.83. The van der Waals surface area contributed by atoms with Crippen molar-refractivity contribution >= 4 is 11.3 Å². The SMILES string of the molecule is CCc1cccc(C(N)c2cscc2C)c1. The molecule has 0 radical (unpaired) electrons. The molecule has 2 aromatic rings. The summed E-state index contributed by atoms with van der Waals surface area (Å²) in [5.41, 5.74) is 11.4. The Labute approximate surface area is 101 Å². The third-order valence-electron chi connectivity index (χ3n) is 2.95. The van der Waals surface area contributed by atoms with Crippen LogP contribution in [0.1, 0.15) is 35.2 Å². The first kappa shape index (κ1) is 11.4. The second-order valence-electron chi connectivity index (χ2n) is 4.09. The molecule has 0 aliphatic heterocycles. The number of hydrogen-bond acceptors (Lipinski definition) is 2. The zero-order valence-electron chi connectivity index (χ0n) is 9.73. The van der Waals surface area contributed by atoms with Crippen molar-refractivity contribution in [3.05, 3.63) is 57.3 Å². The Morgan fingerprint density at radius 2 is 2.12 bits per heavy atom. The predicted molar refractivity (Wildman–Crippen MR) is 70.9 cm³/mol. The lowest BCUT2D eigenvalue weighted by Crippen LogP contribution is -2.12. The standard InChI is InChI=1S/C14H17NS/c1-3-11-5-4-6-12(7-11)14(15)13-9-16-8-10(13)2/h4-9,14H,3,15H2,1-2H3. The fraction of sp³-hybridized carbons (Fsp3) is 0.286. The number of nitrogens with two attached hydrogens (primary N) is 1. The largest absolute Gasteiger partial charge is 0.320 e. The van der Waals surface area contributed by atoms with E-state index in [2.05, 4.69) is 48.9 Å². The molecule has 2 N–H and O–H groups in total. The van der Waals surface area contributed by atoms with Gasteiger partial charge < -0.3 is 5.73 Å². The predicted octanol–water partition coefficient (Wildman–Crippen LogP) is 3.67. The zero-order valence-corrected chi connectivity index (χ0v) is 10.6. The van der Waals surface area contributed by atoms with Gasteiger partial charge in [-0.2, -0.15) is 11.3 Å². The van der Waals surface area contributed by atoms with Gasteiger partial charge in [-0.15, -0.1) is 0 Å². The maximum absolute atomic E-state index is 6.29. The van der Waals surface area contributed by atoms with Crippen LogP contribution >= 0.6 is 11.3 Å². The van der Waals surface area contributed by atoms with Crippen LogP contribution in [0.3, 0.4) is 0 Å². The van der Waals surface area contributed by atoms with E-state index in [4.69, 9.17) is 5.73 Å². The second kappa shape index (κ2) is 4.81. The lowest BCUT2D eigenvalue weighted by atomic mass is 9.97. The van der Waals surface area contributed by atoms with Gasteiger partial charge in [-0.25, -0.2) is 0 Å². The first-order valence-corrected chi connectivity index (χ1v) is 6.53. The van der Waals surface area contributed by atoms with Gasteiger partial charge in [0.1, 0.15) is 0 Å². The lowest BCUT2D eigenvalue weighted by Gasteiger charge is -2.13. The highest BCUT2D eigenvalue weighted by molar-refractivity contribution is 7.08. The van der Waals surface area contributed by atoms with Crippen LogP contribution in [-0.4, -0.2) is 0 Å². The molecular weight excluding hydrogens is 214 g/mol. The van der Waals surface area contributed by atoms with Gasteiger partial charge in [0.15, 0.2) is 0 Å². The Morgan fingerprint density at radius 3 is 2.75 bits per heavy atom. The molecule has 0 amide bonds. The van der Waals surface area contributed by atoms with Crippen LogP contribution in [0, 0.1) is 6.92 Å². The van der Waals surface area contributed by atoms with Crippen LogP contribution in [0.4, 0.5) is 0 Å². The van der Waals surface area contributed by atoms with E-state index in [-0.39, 0.29) is 6.04 Å². The van der Waals surface area contributed by atoms with Crippen LogP contribution in [-0.2, 0) is 6.42 Å². The molecule has 2 heteroatoms. The van der Waals surface area contributed by atoms with Crippen molar-refractivity contribution in [3.8, 4) is 0 Å². The van der Waals surface area contributed by atoms with Gasteiger partial charge in [0.25, 0.3) is 0 Å². The normalized spacial score (nSPS) is 12.7. The van der Waals surface area contributed by atoms with Crippen molar-refractivity contribution in [1.82, 2.24) is 0 Å². The molecule has 0 saturated heterocycles. The molecule has 1 aromatic heterocycles. The third kappa shape index (κ3) is 2.18. The number of thiophene rings is 1. The molecule has 1 nitrogen and oxygen atoms in total. The molecule has 1 unspecified atom stereocenters. The summed E-state index contributed by atoms with van der Waals surface area (Å²) >= 11 is 1.72. The van der Waals surface area contributed by atoms with Gasteiger partial charge in [-0.3, -0.25) is 0 Å². The monoisotopic (exact) mass is 231 g/mol. The van der Waals surface area contributed by atoms with Crippen molar-refractivity contribution in [2.45, 2.75) is 26.3 Å². The molecule has 0 saturated carbocycles. The summed E-state index contributed by atoms with van der Waals surface area (Å²) in [5.74, 6) is 0. The Kier molecular flexibility index (Phi) is 3.42. The van der Waals surface area contributed by atoms with Gasteiger partial charge in [-0.1, -0.05) is 31.2 Å². The van der Waals surface area contributed by atoms with E-state index in [9.17, 15) is 0 Å². The zero-order chi connectivity index (χ0) is 11.5. The number of aryl methyl sites for hydroxylation is 2. The van der Waals surface area contributed by atoms with Gasteiger partial charge in [-0.05, 0) is 46.4 Å². The minimum absolute atomic E-state index is 0.0118. The van der Waals surface area contributed by atoms with Gasteiger partial charge in [0, 0.05) is 0 Å². The molecule has 0 spiro atoms. The number of hydrogen-bond donors (Lipinski definition) is 1. The first-order chi connectivity index (χ1) is 7.72. The maximum atomic E-state index is 6.29. The Hall–Kier alpha value is -1.12. The van der Waals surface area contributed by atoms with Crippen LogP contribution in [0.15, 0.2) is 35.0 Å². The van der Waals surface area contributed by atoms with Gasteiger partial charge in [0.2, 0.25) is 0 Å². The maximum Gasteiger partial charge on any atom is 0.0562 e. The summed E-state index contributed by atoms with van der Waals surface area (Å²) in [4.78, 5) is 0. The summed E-state index contributed by atoms with van der Waals surface area (Å²) in [7, 11) is 0. The Bertz CT molecular complexity index is 473. The Morgan fingerprint density at radius 1 is 1.31 bits per heavy atom. The van der Waals surface area contributed by atoms with E-state index in [1.807, 2.05) is 0 Å². The summed E-state index contributed by atoms with van der Waals surface area (Å²) in [5, 5.41) is 4.30. The first-order valence-electron chi connectivity index (χ1n) is 5.59. The molecule has 0 aliphatic rings. The fourth-order valence-corrected chi connectivity index (χ4v) is 2.76. The van der Waals surface area contributed by atoms with Crippen LogP contribution in [0.2, 0.25) is 0 Å². The van der Waals surface area contributed by atoms with Crippen LogP contribution < -0.4 is 5.73 Å². The van der Waals surface area contributed by atoms with Crippen molar-refractivity contribution in [2.24, 2.45) is 5.73 Å². The molecule has 84 valence electrons. The van der Waals surface area contributed by atoms with E-state index < -0.39 is 0 Å².